The van der Waals surface area contributed by atoms with Crippen LogP contribution < -0.4 is 24.7 Å². The number of anilines is 1. The van der Waals surface area contributed by atoms with Gasteiger partial charge in [-0.1, -0.05) is 11.6 Å². The van der Waals surface area contributed by atoms with E-state index in [0.29, 0.717) is 62.0 Å². The molecule has 4 aromatic heterocycles. The molecule has 0 saturated heterocycles. The highest BCUT2D eigenvalue weighted by molar-refractivity contribution is 6.35. The number of nitrogens with two attached hydrogens (primary N) is 1. The zero-order valence-corrected chi connectivity index (χ0v) is 26.1. The van der Waals surface area contributed by atoms with Gasteiger partial charge in [-0.15, -0.1) is 0 Å². The van der Waals surface area contributed by atoms with Crippen LogP contribution in [0.15, 0.2) is 60.9 Å². The van der Waals surface area contributed by atoms with Crippen molar-refractivity contribution in [3.8, 4) is 45.5 Å². The summed E-state index contributed by atoms with van der Waals surface area (Å²) in [6.45, 7) is 0. The van der Waals surface area contributed by atoms with Crippen LogP contribution >= 0.6 is 34.8 Å². The Morgan fingerprint density at radius 3 is 1.39 bits per heavy atom. The summed E-state index contributed by atoms with van der Waals surface area (Å²) in [7, 11) is 6.39. The summed E-state index contributed by atoms with van der Waals surface area (Å²) in [5.74, 6) is 3.02. The molecule has 11 nitrogen and oxygen atoms in total. The lowest BCUT2D eigenvalue weighted by Gasteiger charge is -2.09. The van der Waals surface area contributed by atoms with Crippen molar-refractivity contribution < 1.29 is 18.9 Å². The van der Waals surface area contributed by atoms with Gasteiger partial charge in [0.1, 0.15) is 34.0 Å². The molecule has 4 heterocycles. The fraction of sp³-hybridized carbons (Fsp3) is 0.133. The van der Waals surface area contributed by atoms with Crippen LogP contribution in [0.4, 0.5) is 5.82 Å². The van der Waals surface area contributed by atoms with Crippen LogP contribution in [0, 0.1) is 0 Å². The van der Waals surface area contributed by atoms with Crippen molar-refractivity contribution in [3.05, 3.63) is 76.6 Å². The van der Waals surface area contributed by atoms with Crippen molar-refractivity contribution in [2.75, 3.05) is 34.2 Å². The van der Waals surface area contributed by atoms with Gasteiger partial charge in [0, 0.05) is 34.0 Å². The number of nitrogen functional groups attached to an aromatic ring is 1. The monoisotopic (exact) mass is 651 g/mol. The van der Waals surface area contributed by atoms with E-state index in [1.165, 1.54) is 0 Å². The Kier molecular flexibility index (Phi) is 9.29. The number of aromatic nitrogens is 6. The van der Waals surface area contributed by atoms with Crippen molar-refractivity contribution in [2.24, 2.45) is 0 Å². The second kappa shape index (κ2) is 13.3. The van der Waals surface area contributed by atoms with E-state index in [2.05, 4.69) is 29.9 Å². The molecule has 0 saturated carbocycles. The predicted octanol–water partition coefficient (Wildman–Crippen LogP) is 6.96. The molecule has 2 aromatic carbocycles. The van der Waals surface area contributed by atoms with Crippen molar-refractivity contribution in [1.29, 1.82) is 0 Å². The fourth-order valence-corrected chi connectivity index (χ4v) is 4.85. The van der Waals surface area contributed by atoms with Crippen LogP contribution in [-0.4, -0.2) is 58.3 Å². The normalized spacial score (nSPS) is 10.7. The lowest BCUT2D eigenvalue weighted by atomic mass is 10.1. The van der Waals surface area contributed by atoms with Crippen LogP contribution in [0.5, 0.6) is 23.0 Å². The van der Waals surface area contributed by atoms with E-state index in [4.69, 9.17) is 59.5 Å². The Hall–Kier alpha value is -4.71. The highest BCUT2D eigenvalue weighted by Gasteiger charge is 2.12. The first-order valence-corrected chi connectivity index (χ1v) is 13.9. The van der Waals surface area contributed by atoms with Crippen LogP contribution in [0.25, 0.3) is 44.3 Å². The Morgan fingerprint density at radius 1 is 0.523 bits per heavy atom. The van der Waals surface area contributed by atoms with Gasteiger partial charge >= 0.3 is 0 Å². The molecule has 44 heavy (non-hydrogen) atoms. The maximum atomic E-state index is 6.13. The second-order valence-corrected chi connectivity index (χ2v) is 10.1. The van der Waals surface area contributed by atoms with Gasteiger partial charge in [0.2, 0.25) is 10.6 Å². The van der Waals surface area contributed by atoms with Gasteiger partial charge < -0.3 is 24.7 Å². The average Bonchev–Trinajstić information content (AvgIpc) is 3.04. The van der Waals surface area contributed by atoms with Crippen LogP contribution in [-0.2, 0) is 0 Å². The van der Waals surface area contributed by atoms with Gasteiger partial charge in [-0.05, 0) is 59.6 Å². The van der Waals surface area contributed by atoms with Crippen molar-refractivity contribution in [1.82, 2.24) is 29.9 Å². The lowest BCUT2D eigenvalue weighted by molar-refractivity contribution is 0.394. The van der Waals surface area contributed by atoms with Crippen LogP contribution in [0.1, 0.15) is 0 Å². The van der Waals surface area contributed by atoms with E-state index < -0.39 is 0 Å². The third-order valence-electron chi connectivity index (χ3n) is 6.39. The number of rotatable bonds is 6. The molecule has 0 amide bonds. The van der Waals surface area contributed by atoms with E-state index >= 15 is 0 Å². The first kappa shape index (κ1) is 30.7. The maximum absolute atomic E-state index is 6.13. The summed E-state index contributed by atoms with van der Waals surface area (Å²) >= 11 is 17.7. The van der Waals surface area contributed by atoms with Crippen LogP contribution in [0.2, 0.25) is 15.7 Å². The van der Waals surface area contributed by atoms with Crippen molar-refractivity contribution in [2.45, 2.75) is 0 Å². The average molecular weight is 653 g/mol. The minimum Gasteiger partial charge on any atom is -0.497 e. The molecular weight excluding hydrogens is 629 g/mol. The minimum atomic E-state index is 0.0927. The third-order valence-corrected chi connectivity index (χ3v) is 7.01. The minimum absolute atomic E-state index is 0.0927. The lowest BCUT2D eigenvalue weighted by Crippen LogP contribution is -1.97. The standard InChI is InChI=1S/C15H11Cl2N3O2.C15H13ClN4O2/c1-21-9-3-8(4-10(5-9)22-2)12-6-11-13(7-18-12)19-15(17)20-14(11)16;1-21-9-3-8(4-10(5-9)22-2)12-6-11-13(7-18-12)19-15(16)20-14(11)17/h3-7H,1-2H3;3-7H,1-2H3,(H2,17,19,20). The summed E-state index contributed by atoms with van der Waals surface area (Å²) in [4.78, 5) is 24.9. The topological polar surface area (TPSA) is 140 Å². The Bertz CT molecular complexity index is 1810. The number of hydrogen-bond acceptors (Lipinski definition) is 11. The largest absolute Gasteiger partial charge is 0.497 e. The molecule has 0 radical (unpaired) electrons. The van der Waals surface area contributed by atoms with Gasteiger partial charge in [0.25, 0.3) is 0 Å². The molecule has 0 fully saturated rings. The number of pyridine rings is 2. The number of halogens is 3. The number of benzene rings is 2. The smallest absolute Gasteiger partial charge is 0.224 e. The third kappa shape index (κ3) is 6.75. The molecule has 0 spiro atoms. The predicted molar refractivity (Wildman–Crippen MR) is 171 cm³/mol. The zero-order valence-electron chi connectivity index (χ0n) is 23.8. The molecule has 0 unspecified atom stereocenters. The van der Waals surface area contributed by atoms with Gasteiger partial charge in [-0.25, -0.2) is 19.9 Å². The number of fused-ring (bicyclic) bond motifs is 2. The summed E-state index contributed by atoms with van der Waals surface area (Å²) in [6.07, 6.45) is 3.22. The number of hydrogen-bond donors (Lipinski definition) is 1. The molecule has 0 bridgehead atoms. The van der Waals surface area contributed by atoms with Crippen molar-refractivity contribution in [3.63, 3.8) is 0 Å². The van der Waals surface area contributed by atoms with Gasteiger partial charge in [-0.3, -0.25) is 9.97 Å². The Balaban J connectivity index is 0.000000175. The summed E-state index contributed by atoms with van der Waals surface area (Å²) in [5.41, 5.74) is 10.2. The maximum Gasteiger partial charge on any atom is 0.224 e. The Morgan fingerprint density at radius 2 is 0.932 bits per heavy atom. The number of methoxy groups -OCH3 is 4. The highest BCUT2D eigenvalue weighted by Crippen LogP contribution is 2.32. The molecular formula is C30H24Cl3N7O4. The second-order valence-electron chi connectivity index (χ2n) is 9.04. The zero-order chi connectivity index (χ0) is 31.4. The molecule has 14 heteroatoms. The quantitative estimate of drug-likeness (QED) is 0.147. The SMILES string of the molecule is COc1cc(OC)cc(-c2cc3c(Cl)nc(Cl)nc3cn2)c1.COc1cc(OC)cc(-c2cc3c(N)nc(Cl)nc3cn2)c1. The molecule has 0 aliphatic carbocycles. The first-order chi connectivity index (χ1) is 21.2. The molecule has 6 aromatic rings. The molecule has 0 aliphatic rings. The summed E-state index contributed by atoms with van der Waals surface area (Å²) in [5, 5.41) is 1.85. The molecule has 6 rings (SSSR count). The van der Waals surface area contributed by atoms with E-state index in [1.54, 1.807) is 53.0 Å². The van der Waals surface area contributed by atoms with Crippen LogP contribution in [0.3, 0.4) is 0 Å². The van der Waals surface area contributed by atoms with Gasteiger partial charge in [0.05, 0.1) is 63.3 Å². The molecule has 224 valence electrons. The van der Waals surface area contributed by atoms with E-state index in [-0.39, 0.29) is 15.7 Å². The van der Waals surface area contributed by atoms with E-state index in [0.717, 1.165) is 11.1 Å². The summed E-state index contributed by atoms with van der Waals surface area (Å²) in [6, 6.07) is 14.7. The first-order valence-electron chi connectivity index (χ1n) is 12.8. The van der Waals surface area contributed by atoms with Gasteiger partial charge in [-0.2, -0.15) is 0 Å². The number of nitrogens with zero attached hydrogens (tertiary/aromatic N) is 6. The molecule has 2 N–H and O–H groups in total. The summed E-state index contributed by atoms with van der Waals surface area (Å²) < 4.78 is 21.1. The number of ether oxygens (including phenoxy) is 4. The molecule has 0 atom stereocenters. The molecule has 0 aliphatic heterocycles. The van der Waals surface area contributed by atoms with Gasteiger partial charge in [0.15, 0.2) is 0 Å². The Labute approximate surface area is 266 Å². The van der Waals surface area contributed by atoms with Crippen molar-refractivity contribution >= 4 is 62.4 Å². The van der Waals surface area contributed by atoms with E-state index in [1.807, 2.05) is 36.4 Å². The fourth-order valence-electron chi connectivity index (χ4n) is 4.22. The highest BCUT2D eigenvalue weighted by atomic mass is 35.5. The van der Waals surface area contributed by atoms with E-state index in [9.17, 15) is 0 Å².